The molecule has 1 aromatic carbocycles. The van der Waals surface area contributed by atoms with Crippen LogP contribution in [0.15, 0.2) is 30.6 Å². The fourth-order valence-corrected chi connectivity index (χ4v) is 3.34. The molecule has 12 heteroatoms. The summed E-state index contributed by atoms with van der Waals surface area (Å²) in [5.41, 5.74) is -1.70. The number of halogens is 4. The second-order valence-electron chi connectivity index (χ2n) is 4.91. The number of alkyl halides is 3. The van der Waals surface area contributed by atoms with Crippen LogP contribution in [-0.2, 0) is 26.7 Å². The van der Waals surface area contributed by atoms with E-state index in [0.29, 0.717) is 6.07 Å². The topological polar surface area (TPSA) is 98.2 Å². The van der Waals surface area contributed by atoms with Gasteiger partial charge in [-0.1, -0.05) is 25.4 Å². The van der Waals surface area contributed by atoms with Gasteiger partial charge in [-0.25, -0.2) is 23.2 Å². The third-order valence-electron chi connectivity index (χ3n) is 3.05. The zero-order valence-corrected chi connectivity index (χ0v) is 16.6. The number of esters is 1. The fraction of sp³-hybridized carbons (Fsp3) is 0.312. The van der Waals surface area contributed by atoms with Gasteiger partial charge in [0.2, 0.25) is 10.0 Å². The Labute approximate surface area is 165 Å². The van der Waals surface area contributed by atoms with Crippen molar-refractivity contribution in [1.82, 2.24) is 9.97 Å². The van der Waals surface area contributed by atoms with Gasteiger partial charge in [-0.15, -0.1) is 0 Å². The van der Waals surface area contributed by atoms with E-state index in [2.05, 4.69) is 14.7 Å². The first-order valence-electron chi connectivity index (χ1n) is 7.79. The molecule has 2 rings (SSSR count). The first-order valence-corrected chi connectivity index (χ1v) is 9.82. The van der Waals surface area contributed by atoms with E-state index >= 15 is 0 Å². The van der Waals surface area contributed by atoms with E-state index in [0.717, 1.165) is 31.6 Å². The Morgan fingerprint density at radius 3 is 2.39 bits per heavy atom. The quantitative estimate of drug-likeness (QED) is 0.709. The monoisotopic (exact) mass is 439 g/mol. The molecular formula is C16H17ClF3N3O4S. The molecule has 2 aromatic rings. The zero-order chi connectivity index (χ0) is 21.5. The van der Waals surface area contributed by atoms with E-state index in [9.17, 15) is 26.4 Å². The minimum absolute atomic E-state index is 0.157. The predicted molar refractivity (Wildman–Crippen MR) is 97.4 cm³/mol. The Bertz CT molecular complexity index is 937. The number of nitrogens with one attached hydrogen (secondary N) is 1. The highest BCUT2D eigenvalue weighted by atomic mass is 35.5. The first-order chi connectivity index (χ1) is 13.0. The van der Waals surface area contributed by atoms with Crippen LogP contribution in [0.3, 0.4) is 0 Å². The lowest BCUT2D eigenvalue weighted by molar-refractivity contribution is -0.137. The van der Waals surface area contributed by atoms with E-state index in [1.807, 2.05) is 18.6 Å². The summed E-state index contributed by atoms with van der Waals surface area (Å²) in [6, 6.07) is 2.33. The molecule has 0 bridgehead atoms. The molecule has 7 nitrogen and oxygen atoms in total. The molecule has 0 unspecified atom stereocenters. The zero-order valence-electron chi connectivity index (χ0n) is 15.0. The van der Waals surface area contributed by atoms with Crippen molar-refractivity contribution in [3.8, 4) is 0 Å². The van der Waals surface area contributed by atoms with Crippen LogP contribution in [0.2, 0.25) is 5.02 Å². The van der Waals surface area contributed by atoms with Gasteiger partial charge in [0.15, 0.2) is 11.5 Å². The highest BCUT2D eigenvalue weighted by Crippen LogP contribution is 2.32. The average molecular weight is 440 g/mol. The highest BCUT2D eigenvalue weighted by Gasteiger charge is 2.31. The van der Waals surface area contributed by atoms with Crippen molar-refractivity contribution in [1.29, 1.82) is 0 Å². The summed E-state index contributed by atoms with van der Waals surface area (Å²) in [5, 5.41) is -0.157. The lowest BCUT2D eigenvalue weighted by atomic mass is 10.1. The first kappa shape index (κ1) is 23.6. The highest BCUT2D eigenvalue weighted by molar-refractivity contribution is 7.91. The molecule has 0 aliphatic heterocycles. The summed E-state index contributed by atoms with van der Waals surface area (Å²) in [6.07, 6.45) is -2.38. The van der Waals surface area contributed by atoms with Gasteiger partial charge in [-0.3, -0.25) is 4.72 Å². The molecule has 154 valence electrons. The number of hydrogen-bond acceptors (Lipinski definition) is 6. The largest absolute Gasteiger partial charge is 0.464 e. The van der Waals surface area contributed by atoms with Gasteiger partial charge in [0, 0.05) is 17.4 Å². The molecule has 0 radical (unpaired) electrons. The normalized spacial score (nSPS) is 11.2. The maximum Gasteiger partial charge on any atom is 0.416 e. The van der Waals surface area contributed by atoms with Crippen molar-refractivity contribution in [2.24, 2.45) is 0 Å². The van der Waals surface area contributed by atoms with Crippen LogP contribution in [0.1, 0.15) is 35.5 Å². The van der Waals surface area contributed by atoms with E-state index in [4.69, 9.17) is 11.6 Å². The van der Waals surface area contributed by atoms with Gasteiger partial charge >= 0.3 is 12.1 Å². The molecule has 1 N–H and O–H groups in total. The van der Waals surface area contributed by atoms with Crippen LogP contribution in [0.5, 0.6) is 0 Å². The lowest BCUT2D eigenvalue weighted by Gasteiger charge is -2.12. The molecule has 0 saturated heterocycles. The van der Waals surface area contributed by atoms with Gasteiger partial charge in [0.25, 0.3) is 0 Å². The van der Waals surface area contributed by atoms with Gasteiger partial charge < -0.3 is 4.74 Å². The van der Waals surface area contributed by atoms with Crippen molar-refractivity contribution in [3.63, 3.8) is 0 Å². The third kappa shape index (κ3) is 6.34. The second kappa shape index (κ2) is 9.69. The van der Waals surface area contributed by atoms with Crippen LogP contribution in [0.25, 0.3) is 0 Å². The molecule has 0 spiro atoms. The standard InChI is InChI=1S/C14H11ClF3N3O4S.C2H6/c1-25-13(22)11-12(20-5-4-19-11)21-26(23,24)7-8-6-9(14(16,17)18)2-3-10(8)15;1-2/h2-6H,7H2,1H3,(H,20,21);1-2H3. The summed E-state index contributed by atoms with van der Waals surface area (Å²) in [4.78, 5) is 18.9. The van der Waals surface area contributed by atoms with E-state index in [-0.39, 0.29) is 10.6 Å². The van der Waals surface area contributed by atoms with Crippen LogP contribution in [0, 0.1) is 0 Å². The molecule has 1 heterocycles. The molecule has 0 fully saturated rings. The van der Waals surface area contributed by atoms with Crippen molar-refractivity contribution in [2.45, 2.75) is 25.8 Å². The molecular weight excluding hydrogens is 423 g/mol. The summed E-state index contributed by atoms with van der Waals surface area (Å²) in [5.74, 6) is -2.22. The smallest absolute Gasteiger partial charge is 0.416 e. The number of sulfonamides is 1. The number of carbonyl (C=O) groups excluding carboxylic acids is 1. The van der Waals surface area contributed by atoms with Crippen molar-refractivity contribution < 1.29 is 31.1 Å². The van der Waals surface area contributed by atoms with Gasteiger partial charge in [-0.2, -0.15) is 13.2 Å². The van der Waals surface area contributed by atoms with Gasteiger partial charge in [0.1, 0.15) is 0 Å². The number of hydrogen-bond donors (Lipinski definition) is 1. The van der Waals surface area contributed by atoms with Crippen LogP contribution < -0.4 is 4.72 Å². The minimum atomic E-state index is -4.65. The molecule has 0 aliphatic carbocycles. The summed E-state index contributed by atoms with van der Waals surface area (Å²) >= 11 is 5.80. The molecule has 0 saturated carbocycles. The van der Waals surface area contributed by atoms with E-state index in [1.54, 1.807) is 0 Å². The van der Waals surface area contributed by atoms with E-state index < -0.39 is 45.0 Å². The Kier molecular flexibility index (Phi) is 8.18. The molecule has 28 heavy (non-hydrogen) atoms. The summed E-state index contributed by atoms with van der Waals surface area (Å²) in [7, 11) is -3.18. The summed E-state index contributed by atoms with van der Waals surface area (Å²) in [6.45, 7) is 4.00. The number of nitrogens with zero attached hydrogens (tertiary/aromatic N) is 2. The average Bonchev–Trinajstić information content (AvgIpc) is 2.63. The number of carbonyl (C=O) groups is 1. The maximum absolute atomic E-state index is 12.8. The third-order valence-corrected chi connectivity index (χ3v) is 4.61. The number of aromatic nitrogens is 2. The number of anilines is 1. The van der Waals surface area contributed by atoms with Crippen LogP contribution >= 0.6 is 11.6 Å². The predicted octanol–water partition coefficient (Wildman–Crippen LogP) is 3.90. The number of benzene rings is 1. The fourth-order valence-electron chi connectivity index (χ4n) is 1.91. The molecule has 0 aliphatic rings. The van der Waals surface area contributed by atoms with Crippen LogP contribution in [-0.4, -0.2) is 31.5 Å². The van der Waals surface area contributed by atoms with Gasteiger partial charge in [-0.05, 0) is 23.8 Å². The SMILES string of the molecule is CC.COC(=O)c1nccnc1NS(=O)(=O)Cc1cc(C(F)(F)F)ccc1Cl. The van der Waals surface area contributed by atoms with Crippen molar-refractivity contribution in [2.75, 3.05) is 11.8 Å². The Hall–Kier alpha value is -2.40. The van der Waals surface area contributed by atoms with E-state index in [1.165, 1.54) is 0 Å². The Morgan fingerprint density at radius 2 is 1.82 bits per heavy atom. The Balaban J connectivity index is 0.00000190. The van der Waals surface area contributed by atoms with Crippen LogP contribution in [0.4, 0.5) is 19.0 Å². The molecule has 1 aromatic heterocycles. The second-order valence-corrected chi connectivity index (χ2v) is 7.04. The van der Waals surface area contributed by atoms with Gasteiger partial charge in [0.05, 0.1) is 18.4 Å². The summed E-state index contributed by atoms with van der Waals surface area (Å²) < 4.78 is 69.3. The minimum Gasteiger partial charge on any atom is -0.464 e. The maximum atomic E-state index is 12.8. The molecule has 0 atom stereocenters. The van der Waals surface area contributed by atoms with Crippen molar-refractivity contribution >= 4 is 33.4 Å². The number of ether oxygens (including phenoxy) is 1. The number of rotatable bonds is 5. The lowest BCUT2D eigenvalue weighted by Crippen LogP contribution is -2.20. The Morgan fingerprint density at radius 1 is 1.21 bits per heavy atom. The van der Waals surface area contributed by atoms with Crippen molar-refractivity contribution in [3.05, 3.63) is 52.4 Å². The molecule has 0 amide bonds. The number of methoxy groups -OCH3 is 1.